The monoisotopic (exact) mass is 397 g/mol. The van der Waals surface area contributed by atoms with Gasteiger partial charge in [0.2, 0.25) is 5.91 Å². The van der Waals surface area contributed by atoms with Gasteiger partial charge in [-0.15, -0.1) is 0 Å². The van der Waals surface area contributed by atoms with Gasteiger partial charge in [-0.2, -0.15) is 4.31 Å². The Kier molecular flexibility index (Phi) is 6.54. The number of carbonyl (C=O) groups excluding carboxylic acids is 1. The average Bonchev–Trinajstić information content (AvgIpc) is 3.31. The number of rotatable bonds is 7. The van der Waals surface area contributed by atoms with Crippen molar-refractivity contribution >= 4 is 15.9 Å². The molecule has 1 aromatic rings. The third kappa shape index (κ3) is 5.08. The molecule has 0 bridgehead atoms. The smallest absolute Gasteiger partial charge is 0.262 e. The Morgan fingerprint density at radius 2 is 2.19 bits per heavy atom. The van der Waals surface area contributed by atoms with Crippen LogP contribution in [-0.2, 0) is 21.4 Å². The van der Waals surface area contributed by atoms with Crippen LogP contribution in [-0.4, -0.2) is 60.4 Å². The number of imidazole rings is 1. The molecule has 2 fully saturated rings. The Bertz CT molecular complexity index is 740. The van der Waals surface area contributed by atoms with Crippen molar-refractivity contribution in [2.75, 3.05) is 26.2 Å². The third-order valence-corrected chi connectivity index (χ3v) is 6.96. The van der Waals surface area contributed by atoms with Gasteiger partial charge in [0.05, 0.1) is 12.4 Å². The zero-order chi connectivity index (χ0) is 19.4. The van der Waals surface area contributed by atoms with E-state index in [2.05, 4.69) is 29.5 Å². The minimum absolute atomic E-state index is 0.0277. The molecule has 9 heteroatoms. The molecule has 2 saturated heterocycles. The van der Waals surface area contributed by atoms with E-state index in [4.69, 9.17) is 0 Å². The first-order valence-electron chi connectivity index (χ1n) is 9.89. The van der Waals surface area contributed by atoms with Crippen LogP contribution in [0.25, 0.3) is 0 Å². The highest BCUT2D eigenvalue weighted by Crippen LogP contribution is 2.23. The number of aromatic nitrogens is 2. The van der Waals surface area contributed by atoms with Gasteiger partial charge in [0.25, 0.3) is 10.0 Å². The number of piperidine rings is 1. The van der Waals surface area contributed by atoms with Crippen molar-refractivity contribution in [3.8, 4) is 0 Å². The van der Waals surface area contributed by atoms with Crippen molar-refractivity contribution in [1.29, 1.82) is 0 Å². The van der Waals surface area contributed by atoms with Gasteiger partial charge in [0.15, 0.2) is 5.03 Å². The molecular weight excluding hydrogens is 366 g/mol. The molecule has 0 spiro atoms. The fraction of sp³-hybridized carbons (Fsp3) is 0.778. The van der Waals surface area contributed by atoms with Crippen LogP contribution in [0, 0.1) is 11.8 Å². The van der Waals surface area contributed by atoms with Crippen molar-refractivity contribution < 1.29 is 13.2 Å². The summed E-state index contributed by atoms with van der Waals surface area (Å²) in [5, 5.41) is 6.29. The highest BCUT2D eigenvalue weighted by Gasteiger charge is 2.32. The van der Waals surface area contributed by atoms with Crippen LogP contribution in [0.5, 0.6) is 0 Å². The molecule has 2 unspecified atom stereocenters. The Hall–Kier alpha value is -1.45. The molecule has 1 amide bonds. The molecule has 3 rings (SSSR count). The van der Waals surface area contributed by atoms with E-state index in [9.17, 15) is 13.2 Å². The molecule has 3 heterocycles. The third-order valence-electron chi connectivity index (χ3n) is 5.21. The lowest BCUT2D eigenvalue weighted by atomic mass is 9.99. The van der Waals surface area contributed by atoms with Gasteiger partial charge in [0.1, 0.15) is 0 Å². The lowest BCUT2D eigenvalue weighted by molar-refractivity contribution is -0.123. The summed E-state index contributed by atoms with van der Waals surface area (Å²) in [5.41, 5.74) is 0. The van der Waals surface area contributed by atoms with E-state index in [1.807, 2.05) is 4.57 Å². The summed E-state index contributed by atoms with van der Waals surface area (Å²) < 4.78 is 29.2. The minimum atomic E-state index is -3.59. The summed E-state index contributed by atoms with van der Waals surface area (Å²) in [6, 6.07) is -0.0988. The number of carbonyl (C=O) groups is 1. The maximum absolute atomic E-state index is 12.9. The van der Waals surface area contributed by atoms with E-state index in [-0.39, 0.29) is 22.9 Å². The second-order valence-electron chi connectivity index (χ2n) is 8.07. The second kappa shape index (κ2) is 8.70. The van der Waals surface area contributed by atoms with Crippen LogP contribution < -0.4 is 10.6 Å². The first-order valence-corrected chi connectivity index (χ1v) is 11.3. The Balaban J connectivity index is 1.57. The SMILES string of the molecule is CC(C)Cn1cnc(S(=O)(=O)N2CCCC(CNC(=O)C3CCCN3)C2)c1. The van der Waals surface area contributed by atoms with Gasteiger partial charge in [-0.1, -0.05) is 13.8 Å². The highest BCUT2D eigenvalue weighted by molar-refractivity contribution is 7.89. The molecule has 1 aromatic heterocycles. The summed E-state index contributed by atoms with van der Waals surface area (Å²) in [7, 11) is -3.59. The van der Waals surface area contributed by atoms with Gasteiger partial charge in [0, 0.05) is 32.4 Å². The fourth-order valence-corrected chi connectivity index (χ4v) is 5.30. The average molecular weight is 398 g/mol. The van der Waals surface area contributed by atoms with Crippen molar-refractivity contribution in [3.05, 3.63) is 12.5 Å². The van der Waals surface area contributed by atoms with E-state index >= 15 is 0 Å². The summed E-state index contributed by atoms with van der Waals surface area (Å²) >= 11 is 0. The van der Waals surface area contributed by atoms with Gasteiger partial charge >= 0.3 is 0 Å². The first kappa shape index (κ1) is 20.3. The maximum atomic E-state index is 12.9. The fourth-order valence-electron chi connectivity index (χ4n) is 3.81. The van der Waals surface area contributed by atoms with Crippen LogP contribution >= 0.6 is 0 Å². The lowest BCUT2D eigenvalue weighted by Gasteiger charge is -2.31. The molecule has 2 N–H and O–H groups in total. The number of nitrogens with zero attached hydrogens (tertiary/aromatic N) is 3. The Morgan fingerprint density at radius 1 is 1.37 bits per heavy atom. The molecule has 2 atom stereocenters. The highest BCUT2D eigenvalue weighted by atomic mass is 32.2. The van der Waals surface area contributed by atoms with Crippen LogP contribution in [0.15, 0.2) is 17.6 Å². The topological polar surface area (TPSA) is 96.3 Å². The van der Waals surface area contributed by atoms with Crippen LogP contribution in [0.1, 0.15) is 39.5 Å². The largest absolute Gasteiger partial charge is 0.354 e. The predicted octanol–water partition coefficient (Wildman–Crippen LogP) is 0.808. The number of amides is 1. The molecule has 152 valence electrons. The molecule has 8 nitrogen and oxygen atoms in total. The van der Waals surface area contributed by atoms with Crippen LogP contribution in [0.3, 0.4) is 0 Å². The van der Waals surface area contributed by atoms with E-state index in [1.54, 1.807) is 12.5 Å². The van der Waals surface area contributed by atoms with Gasteiger partial charge in [-0.05, 0) is 44.1 Å². The van der Waals surface area contributed by atoms with E-state index in [0.717, 1.165) is 38.8 Å². The zero-order valence-corrected chi connectivity index (χ0v) is 17.0. The molecule has 2 aliphatic rings. The number of nitrogens with one attached hydrogen (secondary N) is 2. The summed E-state index contributed by atoms with van der Waals surface area (Å²) in [6.45, 7) is 7.25. The van der Waals surface area contributed by atoms with Crippen molar-refractivity contribution in [2.45, 2.75) is 57.1 Å². The van der Waals surface area contributed by atoms with E-state index in [0.29, 0.717) is 25.6 Å². The second-order valence-corrected chi connectivity index (χ2v) is 9.95. The summed E-state index contributed by atoms with van der Waals surface area (Å²) in [4.78, 5) is 16.3. The molecule has 0 saturated carbocycles. The summed E-state index contributed by atoms with van der Waals surface area (Å²) in [5.74, 6) is 0.587. The number of hydrogen-bond donors (Lipinski definition) is 2. The normalized spacial score (nSPS) is 24.4. The molecule has 0 radical (unpaired) electrons. The van der Waals surface area contributed by atoms with Gasteiger partial charge in [-0.3, -0.25) is 4.79 Å². The van der Waals surface area contributed by atoms with Gasteiger partial charge in [-0.25, -0.2) is 13.4 Å². The standard InChI is InChI=1S/C18H31N5O3S/c1-14(2)10-22-12-17(21-13-22)27(25,26)23-8-4-5-15(11-23)9-20-18(24)16-6-3-7-19-16/h12-16,19H,3-11H2,1-2H3,(H,20,24). The number of sulfonamides is 1. The maximum Gasteiger partial charge on any atom is 0.262 e. The molecule has 0 aliphatic carbocycles. The zero-order valence-electron chi connectivity index (χ0n) is 16.2. The molecule has 0 aromatic carbocycles. The van der Waals surface area contributed by atoms with Gasteiger partial charge < -0.3 is 15.2 Å². The van der Waals surface area contributed by atoms with E-state index in [1.165, 1.54) is 4.31 Å². The quantitative estimate of drug-likeness (QED) is 0.710. The van der Waals surface area contributed by atoms with Crippen LogP contribution in [0.4, 0.5) is 0 Å². The molecule has 27 heavy (non-hydrogen) atoms. The lowest BCUT2D eigenvalue weighted by Crippen LogP contribution is -2.46. The molecule has 2 aliphatic heterocycles. The summed E-state index contributed by atoms with van der Waals surface area (Å²) in [6.07, 6.45) is 6.82. The van der Waals surface area contributed by atoms with Crippen molar-refractivity contribution in [3.63, 3.8) is 0 Å². The Labute approximate surface area is 161 Å². The first-order chi connectivity index (χ1) is 12.9. The van der Waals surface area contributed by atoms with Crippen LogP contribution in [0.2, 0.25) is 0 Å². The predicted molar refractivity (Wildman–Crippen MR) is 103 cm³/mol. The van der Waals surface area contributed by atoms with Crippen molar-refractivity contribution in [1.82, 2.24) is 24.5 Å². The molecular formula is C18H31N5O3S. The Morgan fingerprint density at radius 3 is 2.89 bits per heavy atom. The van der Waals surface area contributed by atoms with Crippen molar-refractivity contribution in [2.24, 2.45) is 11.8 Å². The minimum Gasteiger partial charge on any atom is -0.354 e. The van der Waals surface area contributed by atoms with E-state index < -0.39 is 10.0 Å². The number of hydrogen-bond acceptors (Lipinski definition) is 5.